The third-order valence-electron chi connectivity index (χ3n) is 5.40. The minimum atomic E-state index is -0.272. The number of rotatable bonds is 6. The maximum Gasteiger partial charge on any atom is 0.291 e. The standard InChI is InChI=1S/C23H23ClN4O2/c1-3-26(4-2)21(29)15-28-23(30)22-19(13-25-28)18-10-5-6-11-20(18)27(22)14-16-8-7-9-17(24)12-16/h5-13H,3-4,14-15H2,1-2H3. The molecule has 4 rings (SSSR count). The number of amides is 1. The first-order chi connectivity index (χ1) is 14.5. The van der Waals surface area contributed by atoms with E-state index < -0.39 is 0 Å². The van der Waals surface area contributed by atoms with Crippen molar-refractivity contribution in [3.63, 3.8) is 0 Å². The van der Waals surface area contributed by atoms with Gasteiger partial charge in [-0.2, -0.15) is 5.10 Å². The van der Waals surface area contributed by atoms with Crippen LogP contribution in [-0.4, -0.2) is 38.2 Å². The molecule has 0 radical (unpaired) electrons. The fourth-order valence-corrected chi connectivity index (χ4v) is 4.11. The molecule has 0 aliphatic heterocycles. The average molecular weight is 423 g/mol. The first-order valence-electron chi connectivity index (χ1n) is 10.0. The fourth-order valence-electron chi connectivity index (χ4n) is 3.89. The Labute approximate surface area is 179 Å². The first-order valence-corrected chi connectivity index (χ1v) is 10.4. The molecule has 2 heterocycles. The van der Waals surface area contributed by atoms with Gasteiger partial charge in [0.2, 0.25) is 5.91 Å². The molecule has 0 atom stereocenters. The Kier molecular flexibility index (Phi) is 5.59. The van der Waals surface area contributed by atoms with E-state index in [1.165, 1.54) is 4.68 Å². The molecule has 0 N–H and O–H groups in total. The SMILES string of the molecule is CCN(CC)C(=O)Cn1ncc2c3ccccc3n(Cc3cccc(Cl)c3)c2c1=O. The zero-order chi connectivity index (χ0) is 21.3. The lowest BCUT2D eigenvalue weighted by molar-refractivity contribution is -0.131. The van der Waals surface area contributed by atoms with Gasteiger partial charge in [0.05, 0.1) is 6.20 Å². The van der Waals surface area contributed by atoms with Crippen LogP contribution in [0.3, 0.4) is 0 Å². The summed E-state index contributed by atoms with van der Waals surface area (Å²) in [6, 6.07) is 15.5. The summed E-state index contributed by atoms with van der Waals surface area (Å²) in [5, 5.41) is 6.70. The van der Waals surface area contributed by atoms with Gasteiger partial charge in [0.15, 0.2) is 0 Å². The molecule has 2 aromatic carbocycles. The van der Waals surface area contributed by atoms with Crippen LogP contribution in [0.5, 0.6) is 0 Å². The summed E-state index contributed by atoms with van der Waals surface area (Å²) in [7, 11) is 0. The van der Waals surface area contributed by atoms with E-state index >= 15 is 0 Å². The largest absolute Gasteiger partial charge is 0.342 e. The molecule has 0 saturated carbocycles. The molecule has 0 spiro atoms. The zero-order valence-corrected chi connectivity index (χ0v) is 17.8. The van der Waals surface area contributed by atoms with Crippen molar-refractivity contribution < 1.29 is 4.79 Å². The third-order valence-corrected chi connectivity index (χ3v) is 5.64. The Morgan fingerprint density at radius 2 is 1.83 bits per heavy atom. The van der Waals surface area contributed by atoms with Gasteiger partial charge in [-0.05, 0) is 37.6 Å². The second kappa shape index (κ2) is 8.32. The van der Waals surface area contributed by atoms with Gasteiger partial charge in [0, 0.05) is 40.9 Å². The van der Waals surface area contributed by atoms with Crippen molar-refractivity contribution in [2.75, 3.05) is 13.1 Å². The topological polar surface area (TPSA) is 60.1 Å². The Bertz CT molecular complexity index is 1290. The molecule has 1 amide bonds. The molecular weight excluding hydrogens is 400 g/mol. The van der Waals surface area contributed by atoms with Gasteiger partial charge < -0.3 is 9.47 Å². The van der Waals surface area contributed by atoms with E-state index in [-0.39, 0.29) is 18.0 Å². The number of hydrogen-bond donors (Lipinski definition) is 0. The summed E-state index contributed by atoms with van der Waals surface area (Å²) in [4.78, 5) is 27.6. The number of benzene rings is 2. The van der Waals surface area contributed by atoms with Crippen molar-refractivity contribution in [1.82, 2.24) is 19.2 Å². The zero-order valence-electron chi connectivity index (χ0n) is 17.0. The number of para-hydroxylation sites is 1. The molecule has 4 aromatic rings. The molecule has 0 bridgehead atoms. The van der Waals surface area contributed by atoms with Gasteiger partial charge in [0.25, 0.3) is 5.56 Å². The highest BCUT2D eigenvalue weighted by Crippen LogP contribution is 2.27. The quantitative estimate of drug-likeness (QED) is 0.473. The van der Waals surface area contributed by atoms with Crippen molar-refractivity contribution >= 4 is 39.3 Å². The van der Waals surface area contributed by atoms with Crippen molar-refractivity contribution in [2.24, 2.45) is 0 Å². The van der Waals surface area contributed by atoms with Gasteiger partial charge in [-0.25, -0.2) is 4.68 Å². The van der Waals surface area contributed by atoms with Gasteiger partial charge in [0.1, 0.15) is 12.1 Å². The minimum Gasteiger partial charge on any atom is -0.342 e. The maximum atomic E-state index is 13.4. The fraction of sp³-hybridized carbons (Fsp3) is 0.261. The van der Waals surface area contributed by atoms with E-state index in [9.17, 15) is 9.59 Å². The number of carbonyl (C=O) groups is 1. The summed E-state index contributed by atoms with van der Waals surface area (Å²) in [6.07, 6.45) is 1.68. The van der Waals surface area contributed by atoms with Crippen molar-refractivity contribution in [2.45, 2.75) is 26.9 Å². The highest BCUT2D eigenvalue weighted by Gasteiger charge is 2.18. The molecule has 7 heteroatoms. The Balaban J connectivity index is 1.88. The molecule has 0 saturated heterocycles. The van der Waals surface area contributed by atoms with Crippen LogP contribution in [0.4, 0.5) is 0 Å². The summed E-state index contributed by atoms with van der Waals surface area (Å²) in [5.74, 6) is -0.119. The summed E-state index contributed by atoms with van der Waals surface area (Å²) in [6.45, 7) is 5.46. The molecule has 0 fully saturated rings. The van der Waals surface area contributed by atoms with Gasteiger partial charge in [-0.15, -0.1) is 0 Å². The maximum absolute atomic E-state index is 13.4. The molecule has 6 nitrogen and oxygen atoms in total. The predicted molar refractivity (Wildman–Crippen MR) is 120 cm³/mol. The second-order valence-corrected chi connectivity index (χ2v) is 7.61. The van der Waals surface area contributed by atoms with Crippen LogP contribution in [0.2, 0.25) is 5.02 Å². The van der Waals surface area contributed by atoms with E-state index in [0.29, 0.717) is 30.2 Å². The minimum absolute atomic E-state index is 0.0743. The van der Waals surface area contributed by atoms with Crippen molar-refractivity contribution in [1.29, 1.82) is 0 Å². The van der Waals surface area contributed by atoms with E-state index in [1.54, 1.807) is 11.1 Å². The van der Waals surface area contributed by atoms with Gasteiger partial charge in [-0.1, -0.05) is 41.9 Å². The summed E-state index contributed by atoms with van der Waals surface area (Å²) < 4.78 is 3.25. The normalized spacial score (nSPS) is 11.3. The van der Waals surface area contributed by atoms with Crippen LogP contribution in [0.1, 0.15) is 19.4 Å². The number of nitrogens with zero attached hydrogens (tertiary/aromatic N) is 4. The van der Waals surface area contributed by atoms with Crippen LogP contribution in [0.25, 0.3) is 21.8 Å². The van der Waals surface area contributed by atoms with Crippen LogP contribution in [0, 0.1) is 0 Å². The number of carbonyl (C=O) groups excluding carboxylic acids is 1. The smallest absolute Gasteiger partial charge is 0.291 e. The van der Waals surface area contributed by atoms with E-state index in [0.717, 1.165) is 21.9 Å². The summed E-state index contributed by atoms with van der Waals surface area (Å²) >= 11 is 6.17. The van der Waals surface area contributed by atoms with E-state index in [1.807, 2.05) is 66.9 Å². The molecular formula is C23H23ClN4O2. The molecule has 0 aliphatic carbocycles. The van der Waals surface area contributed by atoms with Gasteiger partial charge >= 0.3 is 0 Å². The van der Waals surface area contributed by atoms with Crippen molar-refractivity contribution in [3.05, 3.63) is 75.7 Å². The second-order valence-electron chi connectivity index (χ2n) is 7.17. The first kappa shape index (κ1) is 20.2. The predicted octanol–water partition coefficient (Wildman–Crippen LogP) is 3.92. The number of fused-ring (bicyclic) bond motifs is 3. The monoisotopic (exact) mass is 422 g/mol. The van der Waals surface area contributed by atoms with E-state index in [2.05, 4.69) is 5.10 Å². The molecule has 0 aliphatic rings. The Morgan fingerprint density at radius 3 is 2.57 bits per heavy atom. The number of likely N-dealkylation sites (N-methyl/N-ethyl adjacent to an activating group) is 1. The van der Waals surface area contributed by atoms with Crippen LogP contribution in [-0.2, 0) is 17.9 Å². The molecule has 0 unspecified atom stereocenters. The average Bonchev–Trinajstić information content (AvgIpc) is 3.05. The van der Waals surface area contributed by atoms with Crippen LogP contribution < -0.4 is 5.56 Å². The molecule has 154 valence electrons. The third kappa shape index (κ3) is 3.59. The van der Waals surface area contributed by atoms with E-state index in [4.69, 9.17) is 11.6 Å². The molecule has 2 aromatic heterocycles. The number of aromatic nitrogens is 3. The Hall–Kier alpha value is -3.12. The van der Waals surface area contributed by atoms with Crippen LogP contribution >= 0.6 is 11.6 Å². The van der Waals surface area contributed by atoms with Gasteiger partial charge in [-0.3, -0.25) is 9.59 Å². The summed E-state index contributed by atoms with van der Waals surface area (Å²) in [5.41, 5.74) is 2.20. The van der Waals surface area contributed by atoms with Crippen LogP contribution in [0.15, 0.2) is 59.5 Å². The Morgan fingerprint density at radius 1 is 1.07 bits per heavy atom. The van der Waals surface area contributed by atoms with Crippen molar-refractivity contribution in [3.8, 4) is 0 Å². The number of hydrogen-bond acceptors (Lipinski definition) is 3. The highest BCUT2D eigenvalue weighted by molar-refractivity contribution is 6.30. The highest BCUT2D eigenvalue weighted by atomic mass is 35.5. The lowest BCUT2D eigenvalue weighted by atomic mass is 10.2. The number of halogens is 1. The molecule has 30 heavy (non-hydrogen) atoms. The lowest BCUT2D eigenvalue weighted by Crippen LogP contribution is -2.37. The lowest BCUT2D eigenvalue weighted by Gasteiger charge is -2.18.